The number of carbonyl (C=O) groups is 1. The SMILES string of the molecule is O=C(CCCCc1cccs1)N/N=C/c1ccsc1. The van der Waals surface area contributed by atoms with Gasteiger partial charge >= 0.3 is 0 Å². The molecule has 0 aromatic carbocycles. The van der Waals surface area contributed by atoms with Crippen molar-refractivity contribution < 1.29 is 4.79 Å². The van der Waals surface area contributed by atoms with E-state index in [0.29, 0.717) is 6.42 Å². The molecule has 1 amide bonds. The normalized spacial score (nSPS) is 10.9. The third-order valence-electron chi connectivity index (χ3n) is 2.60. The molecule has 5 heteroatoms. The summed E-state index contributed by atoms with van der Waals surface area (Å²) in [7, 11) is 0. The fraction of sp³-hybridized carbons (Fsp3) is 0.286. The standard InChI is InChI=1S/C14H16N2OS2/c17-14(16-15-10-12-7-9-18-11-12)6-2-1-4-13-5-3-8-19-13/h3,5,7-11H,1-2,4,6H2,(H,16,17)/b15-10+. The Morgan fingerprint density at radius 2 is 2.26 bits per heavy atom. The lowest BCUT2D eigenvalue weighted by Gasteiger charge is -1.99. The van der Waals surface area contributed by atoms with E-state index in [1.807, 2.05) is 16.8 Å². The van der Waals surface area contributed by atoms with E-state index in [1.165, 1.54) is 4.88 Å². The molecule has 3 nitrogen and oxygen atoms in total. The molecule has 0 atom stereocenters. The Morgan fingerprint density at radius 1 is 1.32 bits per heavy atom. The van der Waals surface area contributed by atoms with Crippen molar-refractivity contribution in [2.24, 2.45) is 5.10 Å². The molecule has 1 N–H and O–H groups in total. The smallest absolute Gasteiger partial charge is 0.240 e. The molecule has 2 heterocycles. The minimum Gasteiger partial charge on any atom is -0.273 e. The summed E-state index contributed by atoms with van der Waals surface area (Å²) in [4.78, 5) is 12.9. The monoisotopic (exact) mass is 292 g/mol. The van der Waals surface area contributed by atoms with Crippen LogP contribution in [0.4, 0.5) is 0 Å². The van der Waals surface area contributed by atoms with Crippen molar-refractivity contribution in [3.8, 4) is 0 Å². The van der Waals surface area contributed by atoms with Crippen molar-refractivity contribution in [2.45, 2.75) is 25.7 Å². The topological polar surface area (TPSA) is 41.5 Å². The fourth-order valence-corrected chi connectivity index (χ4v) is 2.98. The molecule has 100 valence electrons. The molecule has 2 rings (SSSR count). The van der Waals surface area contributed by atoms with Gasteiger partial charge in [-0.25, -0.2) is 5.43 Å². The second-order valence-corrected chi connectivity index (χ2v) is 5.95. The molecular formula is C14H16N2OS2. The van der Waals surface area contributed by atoms with Crippen molar-refractivity contribution in [3.05, 3.63) is 44.8 Å². The molecule has 2 aromatic heterocycles. The third-order valence-corrected chi connectivity index (χ3v) is 4.24. The molecule has 0 aliphatic carbocycles. The molecule has 19 heavy (non-hydrogen) atoms. The highest BCUT2D eigenvalue weighted by molar-refractivity contribution is 7.09. The number of hydrogen-bond acceptors (Lipinski definition) is 4. The number of hydrogen-bond donors (Lipinski definition) is 1. The van der Waals surface area contributed by atoms with Crippen molar-refractivity contribution in [1.82, 2.24) is 5.43 Å². The van der Waals surface area contributed by atoms with Crippen LogP contribution in [-0.4, -0.2) is 12.1 Å². The van der Waals surface area contributed by atoms with Gasteiger partial charge in [-0.05, 0) is 47.5 Å². The highest BCUT2D eigenvalue weighted by Gasteiger charge is 2.00. The number of carbonyl (C=O) groups excluding carboxylic acids is 1. The lowest BCUT2D eigenvalue weighted by atomic mass is 10.2. The van der Waals surface area contributed by atoms with Crippen LogP contribution in [0.1, 0.15) is 29.7 Å². The molecular weight excluding hydrogens is 276 g/mol. The Kier molecular flexibility index (Phi) is 5.78. The van der Waals surface area contributed by atoms with Gasteiger partial charge in [-0.15, -0.1) is 11.3 Å². The van der Waals surface area contributed by atoms with E-state index >= 15 is 0 Å². The zero-order chi connectivity index (χ0) is 13.3. The van der Waals surface area contributed by atoms with Gasteiger partial charge in [0.15, 0.2) is 0 Å². The van der Waals surface area contributed by atoms with Crippen molar-refractivity contribution in [3.63, 3.8) is 0 Å². The first kappa shape index (κ1) is 14.0. The molecule has 0 unspecified atom stereocenters. The average molecular weight is 292 g/mol. The van der Waals surface area contributed by atoms with Crippen LogP contribution in [0.2, 0.25) is 0 Å². The number of aryl methyl sites for hydroxylation is 1. The summed E-state index contributed by atoms with van der Waals surface area (Å²) in [6.45, 7) is 0. The van der Waals surface area contributed by atoms with Crippen LogP contribution in [0.25, 0.3) is 0 Å². The number of amides is 1. The van der Waals surface area contributed by atoms with E-state index in [1.54, 1.807) is 28.9 Å². The van der Waals surface area contributed by atoms with Gasteiger partial charge in [0, 0.05) is 16.9 Å². The summed E-state index contributed by atoms with van der Waals surface area (Å²) in [5.41, 5.74) is 3.57. The Balaban J connectivity index is 1.57. The lowest BCUT2D eigenvalue weighted by molar-refractivity contribution is -0.121. The number of thiophene rings is 2. The highest BCUT2D eigenvalue weighted by Crippen LogP contribution is 2.12. The first-order valence-corrected chi connectivity index (χ1v) is 8.03. The minimum atomic E-state index is -0.0161. The van der Waals surface area contributed by atoms with Gasteiger partial charge < -0.3 is 0 Å². The van der Waals surface area contributed by atoms with Crippen LogP contribution in [0.5, 0.6) is 0 Å². The number of nitrogens with one attached hydrogen (secondary N) is 1. The first-order chi connectivity index (χ1) is 9.34. The zero-order valence-electron chi connectivity index (χ0n) is 10.5. The van der Waals surface area contributed by atoms with Gasteiger partial charge in [0.25, 0.3) is 0 Å². The van der Waals surface area contributed by atoms with Gasteiger partial charge in [0.2, 0.25) is 5.91 Å². The summed E-state index contributed by atoms with van der Waals surface area (Å²) in [5, 5.41) is 9.97. The van der Waals surface area contributed by atoms with Crippen LogP contribution in [0.3, 0.4) is 0 Å². The predicted molar refractivity (Wildman–Crippen MR) is 81.9 cm³/mol. The Morgan fingerprint density at radius 3 is 3.00 bits per heavy atom. The number of unbranched alkanes of at least 4 members (excludes halogenated alkanes) is 1. The van der Waals surface area contributed by atoms with Crippen LogP contribution >= 0.6 is 22.7 Å². The summed E-state index contributed by atoms with van der Waals surface area (Å²) in [6, 6.07) is 6.16. The summed E-state index contributed by atoms with van der Waals surface area (Å²) in [6.07, 6.45) is 5.20. The summed E-state index contributed by atoms with van der Waals surface area (Å²) < 4.78 is 0. The Labute approximate surface area is 121 Å². The van der Waals surface area contributed by atoms with E-state index in [0.717, 1.165) is 24.8 Å². The second-order valence-electron chi connectivity index (χ2n) is 4.14. The number of nitrogens with zero attached hydrogens (tertiary/aromatic N) is 1. The highest BCUT2D eigenvalue weighted by atomic mass is 32.1. The van der Waals surface area contributed by atoms with E-state index in [2.05, 4.69) is 28.0 Å². The maximum atomic E-state index is 11.5. The van der Waals surface area contributed by atoms with Crippen molar-refractivity contribution >= 4 is 34.8 Å². The van der Waals surface area contributed by atoms with Gasteiger partial charge in [-0.2, -0.15) is 16.4 Å². The maximum absolute atomic E-state index is 11.5. The van der Waals surface area contributed by atoms with Gasteiger partial charge in [0.1, 0.15) is 0 Å². The summed E-state index contributed by atoms with van der Waals surface area (Å²) in [5.74, 6) is -0.0161. The summed E-state index contributed by atoms with van der Waals surface area (Å²) >= 11 is 3.38. The average Bonchev–Trinajstić information content (AvgIpc) is 3.07. The van der Waals surface area contributed by atoms with Gasteiger partial charge in [-0.3, -0.25) is 4.79 Å². The van der Waals surface area contributed by atoms with E-state index in [-0.39, 0.29) is 5.91 Å². The van der Waals surface area contributed by atoms with Crippen LogP contribution in [0.15, 0.2) is 39.4 Å². The molecule has 0 saturated heterocycles. The number of rotatable bonds is 7. The molecule has 0 aliphatic rings. The largest absolute Gasteiger partial charge is 0.273 e. The zero-order valence-corrected chi connectivity index (χ0v) is 12.2. The molecule has 0 fully saturated rings. The molecule has 0 aliphatic heterocycles. The van der Waals surface area contributed by atoms with Crippen LogP contribution in [0, 0.1) is 0 Å². The Hall–Kier alpha value is -1.46. The molecule has 2 aromatic rings. The number of hydrazone groups is 1. The van der Waals surface area contributed by atoms with Crippen LogP contribution < -0.4 is 5.43 Å². The first-order valence-electron chi connectivity index (χ1n) is 6.21. The van der Waals surface area contributed by atoms with Crippen molar-refractivity contribution in [1.29, 1.82) is 0 Å². The Bertz CT molecular complexity index is 504. The van der Waals surface area contributed by atoms with E-state index < -0.39 is 0 Å². The van der Waals surface area contributed by atoms with Crippen LogP contribution in [-0.2, 0) is 11.2 Å². The molecule has 0 spiro atoms. The quantitative estimate of drug-likeness (QED) is 0.472. The maximum Gasteiger partial charge on any atom is 0.240 e. The molecule has 0 bridgehead atoms. The van der Waals surface area contributed by atoms with E-state index in [9.17, 15) is 4.79 Å². The van der Waals surface area contributed by atoms with E-state index in [4.69, 9.17) is 0 Å². The van der Waals surface area contributed by atoms with Crippen molar-refractivity contribution in [2.75, 3.05) is 0 Å². The minimum absolute atomic E-state index is 0.0161. The lowest BCUT2D eigenvalue weighted by Crippen LogP contribution is -2.16. The molecule has 0 radical (unpaired) electrons. The predicted octanol–water partition coefficient (Wildman–Crippen LogP) is 3.67. The van der Waals surface area contributed by atoms with Gasteiger partial charge in [0.05, 0.1) is 6.21 Å². The van der Waals surface area contributed by atoms with Gasteiger partial charge in [-0.1, -0.05) is 6.07 Å². The third kappa shape index (κ3) is 5.36. The molecule has 0 saturated carbocycles. The fourth-order valence-electron chi connectivity index (χ4n) is 1.62. The second kappa shape index (κ2) is 7.86.